The Morgan fingerprint density at radius 2 is 1.41 bits per heavy atom. The molecule has 6 aliphatic carbocycles. The van der Waals surface area contributed by atoms with Gasteiger partial charge in [-0.25, -0.2) is 0 Å². The number of esters is 1. The molecule has 4 heteroatoms. The van der Waals surface area contributed by atoms with E-state index in [0.717, 1.165) is 38.5 Å². The lowest BCUT2D eigenvalue weighted by Gasteiger charge is -2.72. The molecule has 0 heterocycles. The topological polar surface area (TPSA) is 63.6 Å². The average molecular weight is 513 g/mol. The number of carboxylic acid groups (broad SMARTS) is 1. The van der Waals surface area contributed by atoms with Crippen molar-refractivity contribution in [2.75, 3.05) is 0 Å². The number of fused-ring (bicyclic) bond motifs is 7. The second kappa shape index (κ2) is 7.78. The van der Waals surface area contributed by atoms with Crippen LogP contribution in [0.1, 0.15) is 126 Å². The van der Waals surface area contributed by atoms with E-state index in [1.165, 1.54) is 38.5 Å². The molecule has 0 aliphatic heterocycles. The quantitative estimate of drug-likeness (QED) is 0.391. The second-order valence-electron chi connectivity index (χ2n) is 16.4. The molecule has 6 aliphatic rings. The van der Waals surface area contributed by atoms with Crippen LogP contribution in [0.4, 0.5) is 0 Å². The number of carbonyl (C=O) groups excluding carboxylic acids is 1. The highest BCUT2D eigenvalue weighted by atomic mass is 16.5. The Kier molecular flexibility index (Phi) is 5.50. The number of carboxylic acids is 1. The maximum atomic E-state index is 13.0. The van der Waals surface area contributed by atoms with Crippen molar-refractivity contribution in [3.8, 4) is 0 Å². The van der Waals surface area contributed by atoms with Gasteiger partial charge in [-0.15, -0.1) is 0 Å². The molecule has 0 amide bonds. The Morgan fingerprint density at radius 1 is 0.703 bits per heavy atom. The molecule has 0 radical (unpaired) electrons. The van der Waals surface area contributed by atoms with Gasteiger partial charge in [-0.2, -0.15) is 0 Å². The van der Waals surface area contributed by atoms with Crippen LogP contribution in [0, 0.1) is 62.1 Å². The SMILES string of the molecule is CC(=O)O[C@H]1CC[C@]2(C)[C@H]3CC[C@@H]4[C@H]5C(C6(C)CC6)CC[C@]5(C(=O)O)CC[C@@]4(C)[C@]3(C)CC[C@H]2C1(C)C. The summed E-state index contributed by atoms with van der Waals surface area (Å²) in [7, 11) is 0. The summed E-state index contributed by atoms with van der Waals surface area (Å²) in [4.78, 5) is 24.9. The number of ether oxygens (including phenoxy) is 1. The molecule has 10 atom stereocenters. The minimum absolute atomic E-state index is 0.0140. The van der Waals surface area contributed by atoms with Crippen LogP contribution in [0.3, 0.4) is 0 Å². The molecule has 6 fully saturated rings. The molecule has 37 heavy (non-hydrogen) atoms. The van der Waals surface area contributed by atoms with Crippen LogP contribution in [-0.2, 0) is 14.3 Å². The van der Waals surface area contributed by atoms with E-state index < -0.39 is 11.4 Å². The molecule has 208 valence electrons. The van der Waals surface area contributed by atoms with Crippen LogP contribution in [0.2, 0.25) is 0 Å². The van der Waals surface area contributed by atoms with Gasteiger partial charge >= 0.3 is 11.9 Å². The Morgan fingerprint density at radius 3 is 2.03 bits per heavy atom. The fourth-order valence-electron chi connectivity index (χ4n) is 12.7. The zero-order chi connectivity index (χ0) is 26.8. The van der Waals surface area contributed by atoms with E-state index in [0.29, 0.717) is 35.0 Å². The molecule has 1 N–H and O–H groups in total. The summed E-state index contributed by atoms with van der Waals surface area (Å²) < 4.78 is 5.90. The molecule has 0 saturated heterocycles. The average Bonchev–Trinajstić information content (AvgIpc) is 3.41. The van der Waals surface area contributed by atoms with Crippen molar-refractivity contribution in [1.82, 2.24) is 0 Å². The summed E-state index contributed by atoms with van der Waals surface area (Å²) in [5.74, 6) is 2.08. The van der Waals surface area contributed by atoms with E-state index in [4.69, 9.17) is 4.74 Å². The minimum Gasteiger partial charge on any atom is -0.481 e. The third-order valence-electron chi connectivity index (χ3n) is 15.0. The first-order valence-corrected chi connectivity index (χ1v) is 15.6. The van der Waals surface area contributed by atoms with Gasteiger partial charge in [0, 0.05) is 12.3 Å². The molecule has 0 spiro atoms. The summed E-state index contributed by atoms with van der Waals surface area (Å²) in [6.45, 7) is 16.6. The van der Waals surface area contributed by atoms with Gasteiger partial charge in [0.25, 0.3) is 0 Å². The minimum atomic E-state index is -0.486. The highest BCUT2D eigenvalue weighted by molar-refractivity contribution is 5.76. The molecule has 4 nitrogen and oxygen atoms in total. The lowest BCUT2D eigenvalue weighted by atomic mass is 9.32. The lowest BCUT2D eigenvalue weighted by molar-refractivity contribution is -0.252. The molecule has 0 bridgehead atoms. The zero-order valence-corrected chi connectivity index (χ0v) is 24.6. The van der Waals surface area contributed by atoms with Gasteiger partial charge in [0.1, 0.15) is 6.10 Å². The fraction of sp³-hybridized carbons (Fsp3) is 0.939. The Hall–Kier alpha value is -1.06. The van der Waals surface area contributed by atoms with Crippen molar-refractivity contribution in [2.45, 2.75) is 132 Å². The van der Waals surface area contributed by atoms with E-state index in [2.05, 4.69) is 41.5 Å². The fourth-order valence-corrected chi connectivity index (χ4v) is 12.7. The molecule has 6 saturated carbocycles. The smallest absolute Gasteiger partial charge is 0.309 e. The highest BCUT2D eigenvalue weighted by Crippen LogP contribution is 2.79. The van der Waals surface area contributed by atoms with Gasteiger partial charge in [-0.3, -0.25) is 9.59 Å². The molecule has 0 aromatic carbocycles. The summed E-state index contributed by atoms with van der Waals surface area (Å²) >= 11 is 0. The Labute approximate surface area is 225 Å². The Bertz CT molecular complexity index is 996. The van der Waals surface area contributed by atoms with Gasteiger partial charge < -0.3 is 9.84 Å². The first-order valence-electron chi connectivity index (χ1n) is 15.6. The van der Waals surface area contributed by atoms with Crippen molar-refractivity contribution in [2.24, 2.45) is 62.1 Å². The van der Waals surface area contributed by atoms with Crippen molar-refractivity contribution in [1.29, 1.82) is 0 Å². The standard InChI is InChI=1S/C33H52O4/c1-20(34)37-25-12-13-30(5)23(28(25,2)3)11-14-32(7)24(30)9-8-22-26-21(29(4)16-17-29)10-15-33(26,27(35)36)19-18-31(22,32)6/h21-26H,8-19H2,1-7H3,(H,35,36)/t21?,22-,23+,24-,25+,26-,30+,31-,32-,33+/m1/s1. The maximum Gasteiger partial charge on any atom is 0.309 e. The Balaban J connectivity index is 1.37. The van der Waals surface area contributed by atoms with E-state index in [1.54, 1.807) is 6.92 Å². The normalized spacial score (nSPS) is 53.2. The largest absolute Gasteiger partial charge is 0.481 e. The van der Waals surface area contributed by atoms with Crippen LogP contribution in [0.25, 0.3) is 0 Å². The van der Waals surface area contributed by atoms with Crippen molar-refractivity contribution in [3.63, 3.8) is 0 Å². The van der Waals surface area contributed by atoms with E-state index in [-0.39, 0.29) is 33.7 Å². The van der Waals surface area contributed by atoms with Crippen LogP contribution in [-0.4, -0.2) is 23.1 Å². The molecule has 1 unspecified atom stereocenters. The lowest BCUT2D eigenvalue weighted by Crippen LogP contribution is -2.67. The third kappa shape index (κ3) is 3.19. The number of hydrogen-bond donors (Lipinski definition) is 1. The predicted molar refractivity (Wildman–Crippen MR) is 145 cm³/mol. The number of aliphatic carboxylic acids is 1. The summed E-state index contributed by atoms with van der Waals surface area (Å²) in [5.41, 5.74) is 0.599. The van der Waals surface area contributed by atoms with Gasteiger partial charge in [-0.1, -0.05) is 41.5 Å². The van der Waals surface area contributed by atoms with Crippen LogP contribution < -0.4 is 0 Å². The number of carbonyl (C=O) groups is 2. The van der Waals surface area contributed by atoms with Crippen LogP contribution in [0.5, 0.6) is 0 Å². The number of rotatable bonds is 3. The predicted octanol–water partition coefficient (Wildman–Crippen LogP) is 7.88. The first kappa shape index (κ1) is 26.2. The third-order valence-corrected chi connectivity index (χ3v) is 15.0. The second-order valence-corrected chi connectivity index (χ2v) is 16.4. The summed E-state index contributed by atoms with van der Waals surface area (Å²) in [6, 6.07) is 0. The van der Waals surface area contributed by atoms with Gasteiger partial charge in [-0.05, 0) is 128 Å². The van der Waals surface area contributed by atoms with Gasteiger partial charge in [0.05, 0.1) is 5.41 Å². The molecule has 6 rings (SSSR count). The summed E-state index contributed by atoms with van der Waals surface area (Å²) in [6.07, 6.45) is 13.6. The number of hydrogen-bond acceptors (Lipinski definition) is 3. The van der Waals surface area contributed by atoms with E-state index in [9.17, 15) is 14.7 Å². The highest BCUT2D eigenvalue weighted by Gasteiger charge is 2.73. The summed E-state index contributed by atoms with van der Waals surface area (Å²) in [5, 5.41) is 10.7. The maximum absolute atomic E-state index is 13.0. The first-order chi connectivity index (χ1) is 17.2. The van der Waals surface area contributed by atoms with Gasteiger partial charge in [0.15, 0.2) is 0 Å². The van der Waals surface area contributed by atoms with Crippen LogP contribution >= 0.6 is 0 Å². The molecular formula is C33H52O4. The molecule has 0 aromatic rings. The van der Waals surface area contributed by atoms with Crippen molar-refractivity contribution >= 4 is 11.9 Å². The van der Waals surface area contributed by atoms with Crippen molar-refractivity contribution in [3.05, 3.63) is 0 Å². The van der Waals surface area contributed by atoms with Gasteiger partial charge in [0.2, 0.25) is 0 Å². The molecule has 0 aromatic heterocycles. The van der Waals surface area contributed by atoms with E-state index >= 15 is 0 Å². The monoisotopic (exact) mass is 512 g/mol. The molecular weight excluding hydrogens is 460 g/mol. The van der Waals surface area contributed by atoms with Crippen LogP contribution in [0.15, 0.2) is 0 Å². The van der Waals surface area contributed by atoms with Crippen molar-refractivity contribution < 1.29 is 19.4 Å². The van der Waals surface area contributed by atoms with E-state index in [1.807, 2.05) is 0 Å². The zero-order valence-electron chi connectivity index (χ0n) is 24.6.